The summed E-state index contributed by atoms with van der Waals surface area (Å²) in [5.41, 5.74) is -0.199. The van der Waals surface area contributed by atoms with E-state index in [-0.39, 0.29) is 5.54 Å². The maximum Gasteiger partial charge on any atom is 0.152 e. The highest BCUT2D eigenvalue weighted by molar-refractivity contribution is 5.87. The third-order valence-corrected chi connectivity index (χ3v) is 4.41. The predicted molar refractivity (Wildman–Crippen MR) is 77.8 cm³/mol. The molecule has 0 aromatic carbocycles. The van der Waals surface area contributed by atoms with Crippen LogP contribution in [0.15, 0.2) is 12.7 Å². The maximum atomic E-state index is 12.5. The van der Waals surface area contributed by atoms with Gasteiger partial charge in [-0.1, -0.05) is 19.4 Å². The quantitative estimate of drug-likeness (QED) is 0.457. The summed E-state index contributed by atoms with van der Waals surface area (Å²) in [4.78, 5) is 14.9. The molecule has 104 valence electrons. The van der Waals surface area contributed by atoms with Gasteiger partial charge in [-0.15, -0.1) is 6.58 Å². The number of carbonyl (C=O) groups excluding carboxylic acids is 1. The van der Waals surface area contributed by atoms with E-state index in [1.54, 1.807) is 0 Å². The Labute approximate surface area is 112 Å². The second-order valence-electron chi connectivity index (χ2n) is 5.63. The zero-order valence-electron chi connectivity index (χ0n) is 12.2. The van der Waals surface area contributed by atoms with E-state index in [4.69, 9.17) is 0 Å². The van der Waals surface area contributed by atoms with Gasteiger partial charge >= 0.3 is 0 Å². The van der Waals surface area contributed by atoms with Crippen molar-refractivity contribution in [2.75, 3.05) is 13.1 Å². The molecule has 1 aliphatic rings. The SMILES string of the molecule is C=CCCCCCC(=O)C(C)(CC)N1CCCC1. The van der Waals surface area contributed by atoms with Gasteiger partial charge in [0, 0.05) is 6.42 Å². The lowest BCUT2D eigenvalue weighted by atomic mass is 9.88. The zero-order chi connectivity index (χ0) is 13.4. The minimum Gasteiger partial charge on any atom is -0.298 e. The lowest BCUT2D eigenvalue weighted by Gasteiger charge is -2.36. The Balaban J connectivity index is 2.38. The van der Waals surface area contributed by atoms with Gasteiger partial charge in [-0.05, 0) is 58.5 Å². The van der Waals surface area contributed by atoms with E-state index >= 15 is 0 Å². The summed E-state index contributed by atoms with van der Waals surface area (Å²) in [5.74, 6) is 0.450. The van der Waals surface area contributed by atoms with Crippen LogP contribution in [0, 0.1) is 0 Å². The van der Waals surface area contributed by atoms with Crippen molar-refractivity contribution in [2.45, 2.75) is 70.8 Å². The molecule has 0 aromatic rings. The van der Waals surface area contributed by atoms with Crippen LogP contribution in [-0.4, -0.2) is 29.3 Å². The average molecular weight is 251 g/mol. The summed E-state index contributed by atoms with van der Waals surface area (Å²) < 4.78 is 0. The first-order valence-corrected chi connectivity index (χ1v) is 7.54. The summed E-state index contributed by atoms with van der Waals surface area (Å²) in [6.45, 7) is 10.2. The average Bonchev–Trinajstić information content (AvgIpc) is 2.91. The molecular weight excluding hydrogens is 222 g/mol. The zero-order valence-corrected chi connectivity index (χ0v) is 12.2. The lowest BCUT2D eigenvalue weighted by Crippen LogP contribution is -2.50. The van der Waals surface area contributed by atoms with Crippen LogP contribution >= 0.6 is 0 Å². The van der Waals surface area contributed by atoms with Crippen molar-refractivity contribution >= 4 is 5.78 Å². The van der Waals surface area contributed by atoms with Gasteiger partial charge < -0.3 is 0 Å². The number of rotatable bonds is 9. The van der Waals surface area contributed by atoms with Crippen molar-refractivity contribution < 1.29 is 4.79 Å². The van der Waals surface area contributed by atoms with Crippen molar-refractivity contribution in [1.29, 1.82) is 0 Å². The van der Waals surface area contributed by atoms with Crippen LogP contribution in [-0.2, 0) is 4.79 Å². The number of hydrogen-bond acceptors (Lipinski definition) is 2. The Bertz CT molecular complexity index is 268. The van der Waals surface area contributed by atoms with Crippen molar-refractivity contribution in [3.63, 3.8) is 0 Å². The fourth-order valence-corrected chi connectivity index (χ4v) is 2.83. The van der Waals surface area contributed by atoms with Gasteiger partial charge in [0.05, 0.1) is 5.54 Å². The fraction of sp³-hybridized carbons (Fsp3) is 0.812. The van der Waals surface area contributed by atoms with Crippen molar-refractivity contribution in [1.82, 2.24) is 4.90 Å². The van der Waals surface area contributed by atoms with Gasteiger partial charge in [-0.2, -0.15) is 0 Å². The van der Waals surface area contributed by atoms with Crippen LogP contribution in [0.4, 0.5) is 0 Å². The van der Waals surface area contributed by atoms with Gasteiger partial charge in [-0.3, -0.25) is 9.69 Å². The smallest absolute Gasteiger partial charge is 0.152 e. The Morgan fingerprint density at radius 1 is 1.28 bits per heavy atom. The molecule has 1 atom stereocenters. The molecule has 0 saturated carbocycles. The molecule has 0 bridgehead atoms. The third-order valence-electron chi connectivity index (χ3n) is 4.41. The van der Waals surface area contributed by atoms with Crippen molar-refractivity contribution in [3.05, 3.63) is 12.7 Å². The van der Waals surface area contributed by atoms with Crippen LogP contribution in [0.3, 0.4) is 0 Å². The highest BCUT2D eigenvalue weighted by Crippen LogP contribution is 2.27. The molecule has 1 rings (SSSR count). The molecule has 1 unspecified atom stereocenters. The number of likely N-dealkylation sites (tertiary alicyclic amines) is 1. The molecule has 0 N–H and O–H groups in total. The first-order valence-electron chi connectivity index (χ1n) is 7.54. The van der Waals surface area contributed by atoms with Gasteiger partial charge in [0.25, 0.3) is 0 Å². The Hall–Kier alpha value is -0.630. The summed E-state index contributed by atoms with van der Waals surface area (Å²) >= 11 is 0. The van der Waals surface area contributed by atoms with E-state index < -0.39 is 0 Å². The summed E-state index contributed by atoms with van der Waals surface area (Å²) in [6, 6.07) is 0. The molecule has 1 saturated heterocycles. The Morgan fingerprint density at radius 3 is 2.50 bits per heavy atom. The van der Waals surface area contributed by atoms with Gasteiger partial charge in [0.1, 0.15) is 0 Å². The van der Waals surface area contributed by atoms with Gasteiger partial charge in [-0.25, -0.2) is 0 Å². The van der Waals surface area contributed by atoms with Crippen molar-refractivity contribution in [2.24, 2.45) is 0 Å². The number of ketones is 1. The molecule has 1 fully saturated rings. The molecule has 0 radical (unpaired) electrons. The molecule has 2 nitrogen and oxygen atoms in total. The lowest BCUT2D eigenvalue weighted by molar-refractivity contribution is -0.130. The van der Waals surface area contributed by atoms with E-state index in [2.05, 4.69) is 25.3 Å². The van der Waals surface area contributed by atoms with Gasteiger partial charge in [0.15, 0.2) is 5.78 Å². The number of unbranched alkanes of at least 4 members (excludes halogenated alkanes) is 3. The van der Waals surface area contributed by atoms with Crippen LogP contribution < -0.4 is 0 Å². The Kier molecular flexibility index (Phi) is 6.62. The van der Waals surface area contributed by atoms with E-state index in [9.17, 15) is 4.79 Å². The molecule has 0 aromatic heterocycles. The molecule has 1 aliphatic heterocycles. The number of carbonyl (C=O) groups is 1. The molecule has 0 amide bonds. The highest BCUT2D eigenvalue weighted by atomic mass is 16.1. The summed E-state index contributed by atoms with van der Waals surface area (Å²) in [6.07, 6.45) is 10.6. The molecule has 18 heavy (non-hydrogen) atoms. The second-order valence-corrected chi connectivity index (χ2v) is 5.63. The van der Waals surface area contributed by atoms with Crippen LogP contribution in [0.1, 0.15) is 65.2 Å². The van der Waals surface area contributed by atoms with Crippen LogP contribution in [0.5, 0.6) is 0 Å². The minimum atomic E-state index is -0.199. The summed E-state index contributed by atoms with van der Waals surface area (Å²) in [7, 11) is 0. The van der Waals surface area contributed by atoms with Crippen molar-refractivity contribution in [3.8, 4) is 0 Å². The molecule has 0 aliphatic carbocycles. The van der Waals surface area contributed by atoms with E-state index in [1.807, 2.05) is 6.08 Å². The molecular formula is C16H29NO. The number of nitrogens with zero attached hydrogens (tertiary/aromatic N) is 1. The van der Waals surface area contributed by atoms with E-state index in [1.165, 1.54) is 19.3 Å². The fourth-order valence-electron chi connectivity index (χ4n) is 2.83. The number of hydrogen-bond donors (Lipinski definition) is 0. The van der Waals surface area contributed by atoms with Crippen LogP contribution in [0.2, 0.25) is 0 Å². The van der Waals surface area contributed by atoms with E-state index in [0.29, 0.717) is 5.78 Å². The standard InChI is InChI=1S/C16H29NO/c1-4-6-7-8-9-12-15(18)16(3,5-2)17-13-10-11-14-17/h4H,1,5-14H2,2-3H3. The molecule has 2 heteroatoms. The third kappa shape index (κ3) is 3.94. The first kappa shape index (κ1) is 15.4. The predicted octanol–water partition coefficient (Wildman–Crippen LogP) is 3.96. The molecule has 0 spiro atoms. The van der Waals surface area contributed by atoms with Crippen LogP contribution in [0.25, 0.3) is 0 Å². The maximum absolute atomic E-state index is 12.5. The van der Waals surface area contributed by atoms with E-state index in [0.717, 1.165) is 45.2 Å². The molecule has 1 heterocycles. The summed E-state index contributed by atoms with van der Waals surface area (Å²) in [5, 5.41) is 0. The van der Waals surface area contributed by atoms with Gasteiger partial charge in [0.2, 0.25) is 0 Å². The topological polar surface area (TPSA) is 20.3 Å². The highest BCUT2D eigenvalue weighted by Gasteiger charge is 2.37. The largest absolute Gasteiger partial charge is 0.298 e. The Morgan fingerprint density at radius 2 is 1.94 bits per heavy atom. The second kappa shape index (κ2) is 7.73. The number of Topliss-reactive ketones (excluding diaryl/α,β-unsaturated/α-hetero) is 1. The monoisotopic (exact) mass is 251 g/mol. The first-order chi connectivity index (χ1) is 8.65. The normalized spacial score (nSPS) is 19.7. The number of allylic oxidation sites excluding steroid dienone is 1. The minimum absolute atomic E-state index is 0.199.